The fourth-order valence-corrected chi connectivity index (χ4v) is 2.95. The van der Waals surface area contributed by atoms with Crippen LogP contribution in [0.15, 0.2) is 59.5 Å². The molecule has 2 aromatic heterocycles. The van der Waals surface area contributed by atoms with Crippen LogP contribution in [0.25, 0.3) is 27.6 Å². The first-order valence-electron chi connectivity index (χ1n) is 6.17. The Kier molecular flexibility index (Phi) is 2.40. The molecule has 0 bridgehead atoms. The third kappa shape index (κ3) is 1.57. The molecule has 0 saturated carbocycles. The van der Waals surface area contributed by atoms with Crippen LogP contribution in [0.3, 0.4) is 0 Å². The van der Waals surface area contributed by atoms with E-state index in [0.29, 0.717) is 5.39 Å². The average Bonchev–Trinajstić information content (AvgIpc) is 2.97. The molecule has 0 N–H and O–H groups in total. The van der Waals surface area contributed by atoms with Crippen LogP contribution in [0.2, 0.25) is 0 Å². The number of aromatic nitrogens is 3. The number of benzene rings is 2. The summed E-state index contributed by atoms with van der Waals surface area (Å²) in [6.45, 7) is 0. The Morgan fingerprint density at radius 3 is 2.80 bits per heavy atom. The largest absolute Gasteiger partial charge is 0.314 e. The van der Waals surface area contributed by atoms with Gasteiger partial charge in [-0.05, 0) is 24.3 Å². The maximum atomic E-state index is 11.9. The van der Waals surface area contributed by atoms with Gasteiger partial charge in [-0.1, -0.05) is 18.2 Å². The van der Waals surface area contributed by atoms with Crippen molar-refractivity contribution in [3.63, 3.8) is 0 Å². The minimum Gasteiger partial charge on any atom is -0.314 e. The second-order valence-corrected chi connectivity index (χ2v) is 5.00. The van der Waals surface area contributed by atoms with E-state index in [4.69, 9.17) is 0 Å². The molecule has 0 spiro atoms. The van der Waals surface area contributed by atoms with E-state index in [1.165, 1.54) is 11.7 Å². The molecule has 0 aliphatic carbocycles. The second-order valence-electron chi connectivity index (χ2n) is 4.48. The van der Waals surface area contributed by atoms with Gasteiger partial charge in [0, 0.05) is 17.6 Å². The average molecular weight is 279 g/mol. The third-order valence-corrected chi connectivity index (χ3v) is 3.87. The van der Waals surface area contributed by atoms with E-state index < -0.39 is 0 Å². The molecular formula is C15H9N3OS. The van der Waals surface area contributed by atoms with Crippen molar-refractivity contribution in [3.8, 4) is 5.69 Å². The minimum atomic E-state index is 0.0282. The van der Waals surface area contributed by atoms with Crippen molar-refractivity contribution in [2.45, 2.75) is 0 Å². The van der Waals surface area contributed by atoms with Gasteiger partial charge in [0.25, 0.3) is 0 Å². The molecule has 0 aliphatic heterocycles. The Morgan fingerprint density at radius 2 is 1.85 bits per heavy atom. The van der Waals surface area contributed by atoms with Gasteiger partial charge in [-0.3, -0.25) is 4.79 Å². The van der Waals surface area contributed by atoms with E-state index in [1.54, 1.807) is 12.3 Å². The summed E-state index contributed by atoms with van der Waals surface area (Å²) in [5, 5.41) is 0.704. The Balaban J connectivity index is 2.16. The third-order valence-electron chi connectivity index (χ3n) is 3.33. The molecule has 4 nitrogen and oxygen atoms in total. The quantitative estimate of drug-likeness (QED) is 0.538. The number of rotatable bonds is 1. The molecule has 4 aromatic rings. The number of nitrogens with zero attached hydrogens (tertiary/aromatic N) is 3. The van der Waals surface area contributed by atoms with Crippen LogP contribution in [-0.4, -0.2) is 13.3 Å². The van der Waals surface area contributed by atoms with Crippen LogP contribution in [0.4, 0.5) is 0 Å². The standard InChI is InChI=1S/C15H9N3OS/c19-14-8-9-18(12-6-2-1-4-10(12)14)13-7-3-5-11-15(13)17-20-16-11/h1-9H. The number of fused-ring (bicyclic) bond motifs is 2. The highest BCUT2D eigenvalue weighted by Crippen LogP contribution is 2.23. The van der Waals surface area contributed by atoms with Crippen molar-refractivity contribution in [1.82, 2.24) is 13.3 Å². The zero-order valence-electron chi connectivity index (χ0n) is 10.4. The molecule has 2 aromatic carbocycles. The van der Waals surface area contributed by atoms with Gasteiger partial charge in [0.05, 0.1) is 22.9 Å². The molecule has 0 aliphatic rings. The molecule has 96 valence electrons. The summed E-state index contributed by atoms with van der Waals surface area (Å²) in [6, 6.07) is 15.0. The van der Waals surface area contributed by atoms with Crippen LogP contribution in [0.1, 0.15) is 0 Å². The Bertz CT molecular complexity index is 987. The van der Waals surface area contributed by atoms with Gasteiger partial charge in [-0.25, -0.2) is 0 Å². The maximum Gasteiger partial charge on any atom is 0.189 e. The van der Waals surface area contributed by atoms with E-state index in [2.05, 4.69) is 8.75 Å². The first-order chi connectivity index (χ1) is 9.84. The lowest BCUT2D eigenvalue weighted by Gasteiger charge is -2.10. The van der Waals surface area contributed by atoms with Crippen LogP contribution in [0.5, 0.6) is 0 Å². The van der Waals surface area contributed by atoms with Gasteiger partial charge < -0.3 is 4.57 Å². The van der Waals surface area contributed by atoms with Gasteiger partial charge in [-0.2, -0.15) is 8.75 Å². The molecule has 0 unspecified atom stereocenters. The highest BCUT2D eigenvalue weighted by Gasteiger charge is 2.09. The van der Waals surface area contributed by atoms with E-state index in [0.717, 1.165) is 22.2 Å². The van der Waals surface area contributed by atoms with Crippen LogP contribution in [0, 0.1) is 0 Å². The lowest BCUT2D eigenvalue weighted by atomic mass is 10.2. The predicted molar refractivity (Wildman–Crippen MR) is 80.5 cm³/mol. The summed E-state index contributed by atoms with van der Waals surface area (Å²) in [7, 11) is 0. The van der Waals surface area contributed by atoms with Crippen LogP contribution in [-0.2, 0) is 0 Å². The van der Waals surface area contributed by atoms with Crippen molar-refractivity contribution in [2.75, 3.05) is 0 Å². The van der Waals surface area contributed by atoms with Gasteiger partial charge in [-0.15, -0.1) is 0 Å². The molecule has 5 heteroatoms. The zero-order valence-corrected chi connectivity index (χ0v) is 11.2. The lowest BCUT2D eigenvalue weighted by molar-refractivity contribution is 1.11. The molecule has 0 fully saturated rings. The fourth-order valence-electron chi connectivity index (χ4n) is 2.40. The smallest absolute Gasteiger partial charge is 0.189 e. The summed E-state index contributed by atoms with van der Waals surface area (Å²) in [6.07, 6.45) is 1.79. The molecule has 0 atom stereocenters. The van der Waals surface area contributed by atoms with Gasteiger partial charge in [0.15, 0.2) is 5.43 Å². The van der Waals surface area contributed by atoms with Crippen molar-refractivity contribution < 1.29 is 0 Å². The Hall–Kier alpha value is -2.53. The zero-order chi connectivity index (χ0) is 13.5. The number of para-hydroxylation sites is 1. The summed E-state index contributed by atoms with van der Waals surface area (Å²) < 4.78 is 10.6. The summed E-state index contributed by atoms with van der Waals surface area (Å²) in [5.41, 5.74) is 3.56. The van der Waals surface area contributed by atoms with E-state index in [9.17, 15) is 4.79 Å². The first-order valence-corrected chi connectivity index (χ1v) is 6.90. The van der Waals surface area contributed by atoms with Crippen molar-refractivity contribution in [1.29, 1.82) is 0 Å². The molecule has 0 radical (unpaired) electrons. The predicted octanol–water partition coefficient (Wildman–Crippen LogP) is 3.00. The first kappa shape index (κ1) is 11.3. The normalized spacial score (nSPS) is 11.2. The summed E-state index contributed by atoms with van der Waals surface area (Å²) >= 11 is 1.20. The molecule has 0 saturated heterocycles. The Labute approximate surface area is 118 Å². The van der Waals surface area contributed by atoms with Crippen molar-refractivity contribution >= 4 is 33.7 Å². The van der Waals surface area contributed by atoms with E-state index in [-0.39, 0.29) is 5.43 Å². The second kappa shape index (κ2) is 4.25. The highest BCUT2D eigenvalue weighted by molar-refractivity contribution is 7.00. The van der Waals surface area contributed by atoms with Crippen molar-refractivity contribution in [3.05, 3.63) is 65.0 Å². The lowest BCUT2D eigenvalue weighted by Crippen LogP contribution is -2.06. The monoisotopic (exact) mass is 279 g/mol. The minimum absolute atomic E-state index is 0.0282. The SMILES string of the molecule is O=c1ccn(-c2cccc3nsnc23)c2ccccc12. The van der Waals surface area contributed by atoms with Gasteiger partial charge in [0.2, 0.25) is 0 Å². The topological polar surface area (TPSA) is 47.8 Å². The van der Waals surface area contributed by atoms with Gasteiger partial charge in [0.1, 0.15) is 11.0 Å². The summed E-state index contributed by atoms with van der Waals surface area (Å²) in [5.74, 6) is 0. The molecule has 2 heterocycles. The van der Waals surface area contributed by atoms with E-state index in [1.807, 2.05) is 47.0 Å². The van der Waals surface area contributed by atoms with Gasteiger partial charge >= 0.3 is 0 Å². The molecule has 4 rings (SSSR count). The van der Waals surface area contributed by atoms with Crippen LogP contribution < -0.4 is 5.43 Å². The number of hydrogen-bond donors (Lipinski definition) is 0. The van der Waals surface area contributed by atoms with Crippen LogP contribution >= 0.6 is 11.7 Å². The number of hydrogen-bond acceptors (Lipinski definition) is 4. The Morgan fingerprint density at radius 1 is 0.950 bits per heavy atom. The highest BCUT2D eigenvalue weighted by atomic mass is 32.1. The molecule has 0 amide bonds. The van der Waals surface area contributed by atoms with E-state index >= 15 is 0 Å². The molecular weight excluding hydrogens is 270 g/mol. The maximum absolute atomic E-state index is 11.9. The van der Waals surface area contributed by atoms with Crippen molar-refractivity contribution in [2.24, 2.45) is 0 Å². The number of pyridine rings is 1. The summed E-state index contributed by atoms with van der Waals surface area (Å²) in [4.78, 5) is 11.9. The molecule has 20 heavy (non-hydrogen) atoms. The fraction of sp³-hybridized carbons (Fsp3) is 0.